The minimum atomic E-state index is -1.61. The molecule has 0 heterocycles. The van der Waals surface area contributed by atoms with Gasteiger partial charge in [0.2, 0.25) is 0 Å². The van der Waals surface area contributed by atoms with E-state index >= 15 is 0 Å². The molecule has 0 saturated carbocycles. The van der Waals surface area contributed by atoms with E-state index in [1.807, 2.05) is 0 Å². The molecule has 1 aromatic carbocycles. The molecular weight excluding hydrogens is 356 g/mol. The summed E-state index contributed by atoms with van der Waals surface area (Å²) >= 11 is 6.37. The molecule has 4 nitrogen and oxygen atoms in total. The number of rotatable bonds is 9. The van der Waals surface area contributed by atoms with Gasteiger partial charge in [-0.25, -0.2) is 0 Å². The molecule has 0 N–H and O–H groups in total. The molecule has 0 spiro atoms. The van der Waals surface area contributed by atoms with Gasteiger partial charge in [0.15, 0.2) is 5.75 Å². The summed E-state index contributed by atoms with van der Waals surface area (Å²) in [5, 5.41) is 0.482. The predicted molar refractivity (Wildman–Crippen MR) is 105 cm³/mol. The lowest BCUT2D eigenvalue weighted by molar-refractivity contribution is -0.0396. The Labute approximate surface area is 157 Å². The highest BCUT2D eigenvalue weighted by Crippen LogP contribution is 2.37. The van der Waals surface area contributed by atoms with Crippen LogP contribution in [0.1, 0.15) is 31.9 Å². The van der Waals surface area contributed by atoms with E-state index in [0.29, 0.717) is 23.1 Å². The van der Waals surface area contributed by atoms with E-state index in [4.69, 9.17) is 30.5 Å². The van der Waals surface area contributed by atoms with E-state index in [1.165, 1.54) is 0 Å². The molecule has 25 heavy (non-hydrogen) atoms. The lowest BCUT2D eigenvalue weighted by Gasteiger charge is -2.21. The van der Waals surface area contributed by atoms with E-state index in [-0.39, 0.29) is 6.79 Å². The Morgan fingerprint density at radius 2 is 1.68 bits per heavy atom. The van der Waals surface area contributed by atoms with E-state index < -0.39 is 8.07 Å². The number of methoxy groups -OCH3 is 3. The topological polar surface area (TPSA) is 36.9 Å². The fourth-order valence-corrected chi connectivity index (χ4v) is 5.43. The van der Waals surface area contributed by atoms with Gasteiger partial charge in [-0.3, -0.25) is 0 Å². The second-order valence-electron chi connectivity index (χ2n) is 5.79. The average Bonchev–Trinajstić information content (AvgIpc) is 2.64. The van der Waals surface area contributed by atoms with Crippen molar-refractivity contribution in [2.75, 3.05) is 28.1 Å². The molecule has 0 aliphatic carbocycles. The van der Waals surface area contributed by atoms with Crippen LogP contribution < -0.4 is 9.47 Å². The monoisotopic (exact) mass is 384 g/mol. The molecular formula is C19H29ClO4Si. The first-order valence-corrected chi connectivity index (χ1v) is 11.6. The Hall–Kier alpha value is -1.19. The van der Waals surface area contributed by atoms with Crippen molar-refractivity contribution in [1.29, 1.82) is 0 Å². The van der Waals surface area contributed by atoms with Crippen LogP contribution in [-0.2, 0) is 16.1 Å². The first kappa shape index (κ1) is 21.8. The van der Waals surface area contributed by atoms with Crippen LogP contribution in [0, 0.1) is 11.5 Å². The van der Waals surface area contributed by atoms with Gasteiger partial charge in [-0.15, -0.1) is 5.54 Å². The molecule has 0 radical (unpaired) electrons. The third-order valence-corrected chi connectivity index (χ3v) is 9.65. The van der Waals surface area contributed by atoms with Crippen LogP contribution in [-0.4, -0.2) is 36.2 Å². The van der Waals surface area contributed by atoms with E-state index in [9.17, 15) is 0 Å². The maximum atomic E-state index is 6.37. The highest BCUT2D eigenvalue weighted by atomic mass is 35.5. The van der Waals surface area contributed by atoms with Gasteiger partial charge in [-0.2, -0.15) is 0 Å². The van der Waals surface area contributed by atoms with Gasteiger partial charge in [0.05, 0.1) is 31.4 Å². The fourth-order valence-electron chi connectivity index (χ4n) is 2.74. The quantitative estimate of drug-likeness (QED) is 0.263. The van der Waals surface area contributed by atoms with Crippen LogP contribution in [0.5, 0.6) is 11.5 Å². The molecule has 0 aliphatic heterocycles. The van der Waals surface area contributed by atoms with Gasteiger partial charge in [-0.1, -0.05) is 38.3 Å². The van der Waals surface area contributed by atoms with Gasteiger partial charge in [-0.05, 0) is 18.1 Å². The number of halogens is 1. The SMILES string of the molecule is CC[Si](C#Cc1c(COCOC)c(OC)cc(Cl)c1OC)(CC)CC. The molecule has 140 valence electrons. The zero-order valence-electron chi connectivity index (χ0n) is 16.1. The first-order valence-electron chi connectivity index (χ1n) is 8.55. The largest absolute Gasteiger partial charge is 0.496 e. The third kappa shape index (κ3) is 5.39. The Morgan fingerprint density at radius 3 is 2.16 bits per heavy atom. The highest BCUT2D eigenvalue weighted by Gasteiger charge is 2.25. The van der Waals surface area contributed by atoms with Gasteiger partial charge in [0.1, 0.15) is 20.6 Å². The summed E-state index contributed by atoms with van der Waals surface area (Å²) in [6.45, 7) is 7.19. The zero-order valence-corrected chi connectivity index (χ0v) is 17.9. The molecule has 1 rings (SSSR count). The van der Waals surface area contributed by atoms with Gasteiger partial charge >= 0.3 is 0 Å². The van der Waals surface area contributed by atoms with Crippen LogP contribution >= 0.6 is 11.6 Å². The van der Waals surface area contributed by atoms with E-state index in [2.05, 4.69) is 32.2 Å². The summed E-state index contributed by atoms with van der Waals surface area (Å²) < 4.78 is 21.5. The van der Waals surface area contributed by atoms with Crippen molar-refractivity contribution in [3.63, 3.8) is 0 Å². The predicted octanol–water partition coefficient (Wildman–Crippen LogP) is 4.88. The Kier molecular flexibility index (Phi) is 9.37. The fraction of sp³-hybridized carbons (Fsp3) is 0.579. The van der Waals surface area contributed by atoms with Crippen LogP contribution in [0.4, 0.5) is 0 Å². The third-order valence-electron chi connectivity index (χ3n) is 4.66. The molecule has 0 saturated heterocycles. The maximum Gasteiger partial charge on any atom is 0.153 e. The highest BCUT2D eigenvalue weighted by molar-refractivity contribution is 6.87. The van der Waals surface area contributed by atoms with Gasteiger partial charge in [0, 0.05) is 18.7 Å². The van der Waals surface area contributed by atoms with Crippen molar-refractivity contribution >= 4 is 19.7 Å². The van der Waals surface area contributed by atoms with Crippen molar-refractivity contribution in [2.24, 2.45) is 0 Å². The van der Waals surface area contributed by atoms with Crippen molar-refractivity contribution in [3.8, 4) is 23.0 Å². The van der Waals surface area contributed by atoms with Gasteiger partial charge < -0.3 is 18.9 Å². The smallest absolute Gasteiger partial charge is 0.153 e. The molecule has 0 aliphatic rings. The number of hydrogen-bond acceptors (Lipinski definition) is 4. The van der Waals surface area contributed by atoms with Crippen molar-refractivity contribution in [2.45, 2.75) is 45.5 Å². The zero-order chi connectivity index (χ0) is 18.9. The van der Waals surface area contributed by atoms with Crippen molar-refractivity contribution < 1.29 is 18.9 Å². The number of ether oxygens (including phenoxy) is 4. The Bertz CT molecular complexity index is 610. The molecule has 0 fully saturated rings. The average molecular weight is 385 g/mol. The summed E-state index contributed by atoms with van der Waals surface area (Å²) in [6, 6.07) is 5.12. The molecule has 0 aromatic heterocycles. The minimum absolute atomic E-state index is 0.193. The standard InChI is InChI=1S/C19H29ClO4Si/c1-7-25(8-2,9-3)11-10-15-16(13-24-14-21-4)18(22-5)12-17(20)19(15)23-6/h12H,7-9,13-14H2,1-6H3. The lowest BCUT2D eigenvalue weighted by Crippen LogP contribution is -2.29. The lowest BCUT2D eigenvalue weighted by atomic mass is 10.1. The minimum Gasteiger partial charge on any atom is -0.496 e. The molecule has 0 atom stereocenters. The second kappa shape index (κ2) is 10.7. The molecule has 1 aromatic rings. The second-order valence-corrected chi connectivity index (χ2v) is 11.1. The molecule has 0 bridgehead atoms. The normalized spacial score (nSPS) is 11.0. The summed E-state index contributed by atoms with van der Waals surface area (Å²) in [7, 11) is 3.19. The number of hydrogen-bond donors (Lipinski definition) is 0. The van der Waals surface area contributed by atoms with Crippen LogP contribution in [0.15, 0.2) is 6.07 Å². The molecule has 0 amide bonds. The Balaban J connectivity index is 3.51. The van der Waals surface area contributed by atoms with Crippen LogP contribution in [0.25, 0.3) is 0 Å². The van der Waals surface area contributed by atoms with Crippen molar-refractivity contribution in [1.82, 2.24) is 0 Å². The summed E-state index contributed by atoms with van der Waals surface area (Å²) in [5.74, 6) is 4.58. The van der Waals surface area contributed by atoms with E-state index in [1.54, 1.807) is 27.4 Å². The van der Waals surface area contributed by atoms with Crippen LogP contribution in [0.3, 0.4) is 0 Å². The molecule has 0 unspecified atom stereocenters. The summed E-state index contributed by atoms with van der Waals surface area (Å²) in [4.78, 5) is 0. The van der Waals surface area contributed by atoms with Crippen molar-refractivity contribution in [3.05, 3.63) is 22.2 Å². The van der Waals surface area contributed by atoms with Gasteiger partial charge in [0.25, 0.3) is 0 Å². The van der Waals surface area contributed by atoms with E-state index in [0.717, 1.165) is 29.3 Å². The summed E-state index contributed by atoms with van der Waals surface area (Å²) in [6.07, 6.45) is 0. The maximum absolute atomic E-state index is 6.37. The number of benzene rings is 1. The first-order chi connectivity index (χ1) is 12.0. The molecule has 6 heteroatoms. The van der Waals surface area contributed by atoms with Crippen LogP contribution in [0.2, 0.25) is 23.2 Å². The Morgan fingerprint density at radius 1 is 1.04 bits per heavy atom. The summed E-state index contributed by atoms with van der Waals surface area (Å²) in [5.41, 5.74) is 5.17.